The van der Waals surface area contributed by atoms with Gasteiger partial charge in [-0.3, -0.25) is 0 Å². The second-order valence-electron chi connectivity index (χ2n) is 4.56. The Morgan fingerprint density at radius 3 is 2.58 bits per heavy atom. The van der Waals surface area contributed by atoms with Crippen molar-refractivity contribution in [1.82, 2.24) is 15.5 Å². The number of aromatic nitrogens is 2. The molecule has 2 atom stereocenters. The highest BCUT2D eigenvalue weighted by Crippen LogP contribution is 2.24. The van der Waals surface area contributed by atoms with Gasteiger partial charge in [-0.2, -0.15) is 4.98 Å². The number of nitrogens with zero attached hydrogens (tertiary/aromatic N) is 2. The molecule has 0 saturated heterocycles. The molecule has 2 unspecified atom stereocenters. The van der Waals surface area contributed by atoms with E-state index >= 15 is 0 Å². The summed E-state index contributed by atoms with van der Waals surface area (Å²) in [4.78, 5) is 4.49. The summed E-state index contributed by atoms with van der Waals surface area (Å²) in [5.41, 5.74) is 0.961. The van der Waals surface area contributed by atoms with Crippen LogP contribution in [0.5, 0.6) is 0 Å². The smallest absolute Gasteiger partial charge is 0.231 e. The van der Waals surface area contributed by atoms with E-state index in [1.54, 1.807) is 0 Å². The van der Waals surface area contributed by atoms with Gasteiger partial charge in [0.05, 0.1) is 5.92 Å². The first-order valence-electron chi connectivity index (χ1n) is 6.42. The predicted molar refractivity (Wildman–Crippen MR) is 79.0 cm³/mol. The average molecular weight is 324 g/mol. The van der Waals surface area contributed by atoms with Crippen molar-refractivity contribution in [1.29, 1.82) is 0 Å². The van der Waals surface area contributed by atoms with Crippen molar-refractivity contribution in [3.05, 3.63) is 34.6 Å². The first-order chi connectivity index (χ1) is 9.15. The van der Waals surface area contributed by atoms with E-state index in [0.29, 0.717) is 17.8 Å². The molecular formula is C14H18BrN3O. The first-order valence-corrected chi connectivity index (χ1v) is 7.21. The lowest BCUT2D eigenvalue weighted by Crippen LogP contribution is -2.30. The quantitative estimate of drug-likeness (QED) is 0.913. The van der Waals surface area contributed by atoms with Gasteiger partial charge in [-0.15, -0.1) is 0 Å². The highest BCUT2D eigenvalue weighted by molar-refractivity contribution is 9.10. The standard InChI is InChI=1S/C14H18BrN3O/c1-4-12(16-3)9(2)14-17-13(18-19-14)10-5-7-11(15)8-6-10/h5-9,12,16H,4H2,1-3H3. The maximum Gasteiger partial charge on any atom is 0.231 e. The van der Waals surface area contributed by atoms with Gasteiger partial charge >= 0.3 is 0 Å². The van der Waals surface area contributed by atoms with Gasteiger partial charge in [0, 0.05) is 16.1 Å². The van der Waals surface area contributed by atoms with Crippen LogP contribution < -0.4 is 5.32 Å². The summed E-state index contributed by atoms with van der Waals surface area (Å²) < 4.78 is 6.42. The normalized spacial score (nSPS) is 14.3. The van der Waals surface area contributed by atoms with E-state index in [9.17, 15) is 0 Å². The van der Waals surface area contributed by atoms with Crippen LogP contribution in [-0.4, -0.2) is 23.2 Å². The molecule has 0 saturated carbocycles. The summed E-state index contributed by atoms with van der Waals surface area (Å²) in [6.45, 7) is 4.24. The molecule has 0 aliphatic rings. The van der Waals surface area contributed by atoms with Crippen molar-refractivity contribution in [2.45, 2.75) is 32.2 Å². The summed E-state index contributed by atoms with van der Waals surface area (Å²) in [7, 11) is 1.96. The van der Waals surface area contributed by atoms with Crippen LogP contribution >= 0.6 is 15.9 Å². The molecule has 1 N–H and O–H groups in total. The van der Waals surface area contributed by atoms with E-state index in [4.69, 9.17) is 4.52 Å². The van der Waals surface area contributed by atoms with Gasteiger partial charge in [0.1, 0.15) is 0 Å². The minimum atomic E-state index is 0.201. The predicted octanol–water partition coefficient (Wildman–Crippen LogP) is 3.60. The van der Waals surface area contributed by atoms with Crippen LogP contribution in [-0.2, 0) is 0 Å². The zero-order chi connectivity index (χ0) is 13.8. The zero-order valence-corrected chi connectivity index (χ0v) is 12.9. The maximum atomic E-state index is 5.38. The molecular weight excluding hydrogens is 306 g/mol. The number of benzene rings is 1. The Balaban J connectivity index is 2.21. The SMILES string of the molecule is CCC(NC)C(C)c1nc(-c2ccc(Br)cc2)no1. The summed E-state index contributed by atoms with van der Waals surface area (Å²) in [6, 6.07) is 8.23. The number of halogens is 1. The second-order valence-corrected chi connectivity index (χ2v) is 5.47. The van der Waals surface area contributed by atoms with Gasteiger partial charge in [-0.05, 0) is 37.7 Å². The minimum absolute atomic E-state index is 0.201. The molecule has 1 aromatic heterocycles. The van der Waals surface area contributed by atoms with Crippen LogP contribution in [0.3, 0.4) is 0 Å². The van der Waals surface area contributed by atoms with Crippen molar-refractivity contribution in [2.75, 3.05) is 7.05 Å². The lowest BCUT2D eigenvalue weighted by atomic mass is 10.00. The van der Waals surface area contributed by atoms with E-state index < -0.39 is 0 Å². The van der Waals surface area contributed by atoms with E-state index in [0.717, 1.165) is 16.5 Å². The Labute approximate surface area is 121 Å². The number of nitrogens with one attached hydrogen (secondary N) is 1. The average Bonchev–Trinajstić information content (AvgIpc) is 2.90. The number of rotatable bonds is 5. The van der Waals surface area contributed by atoms with E-state index in [1.807, 2.05) is 31.3 Å². The van der Waals surface area contributed by atoms with Gasteiger partial charge < -0.3 is 9.84 Å². The molecule has 1 heterocycles. The second kappa shape index (κ2) is 6.30. The third-order valence-corrected chi connectivity index (χ3v) is 3.88. The molecule has 19 heavy (non-hydrogen) atoms. The summed E-state index contributed by atoms with van der Waals surface area (Å²) >= 11 is 3.41. The fraction of sp³-hybridized carbons (Fsp3) is 0.429. The van der Waals surface area contributed by atoms with E-state index in [2.05, 4.69) is 45.2 Å². The van der Waals surface area contributed by atoms with E-state index in [-0.39, 0.29) is 5.92 Å². The minimum Gasteiger partial charge on any atom is -0.339 e. The third kappa shape index (κ3) is 3.22. The Hall–Kier alpha value is -1.20. The number of hydrogen-bond acceptors (Lipinski definition) is 4. The molecule has 102 valence electrons. The number of hydrogen-bond donors (Lipinski definition) is 1. The summed E-state index contributed by atoms with van der Waals surface area (Å²) in [6.07, 6.45) is 1.02. The van der Waals surface area contributed by atoms with Gasteiger partial charge in [-0.1, -0.05) is 34.9 Å². The molecule has 0 aliphatic carbocycles. The topological polar surface area (TPSA) is 51.0 Å². The van der Waals surface area contributed by atoms with Crippen LogP contribution in [0, 0.1) is 0 Å². The first kappa shape index (κ1) is 14.2. The van der Waals surface area contributed by atoms with Crippen molar-refractivity contribution < 1.29 is 4.52 Å². The van der Waals surface area contributed by atoms with Crippen molar-refractivity contribution in [2.24, 2.45) is 0 Å². The fourth-order valence-electron chi connectivity index (χ4n) is 2.12. The lowest BCUT2D eigenvalue weighted by molar-refractivity contribution is 0.326. The van der Waals surface area contributed by atoms with Crippen LogP contribution in [0.2, 0.25) is 0 Å². The molecule has 0 fully saturated rings. The van der Waals surface area contributed by atoms with Crippen molar-refractivity contribution in [3.8, 4) is 11.4 Å². The van der Waals surface area contributed by atoms with Gasteiger partial charge in [-0.25, -0.2) is 0 Å². The Morgan fingerprint density at radius 2 is 2.00 bits per heavy atom. The highest BCUT2D eigenvalue weighted by Gasteiger charge is 2.21. The van der Waals surface area contributed by atoms with E-state index in [1.165, 1.54) is 0 Å². The van der Waals surface area contributed by atoms with Crippen molar-refractivity contribution >= 4 is 15.9 Å². The molecule has 2 rings (SSSR count). The zero-order valence-electron chi connectivity index (χ0n) is 11.4. The molecule has 0 amide bonds. The third-order valence-electron chi connectivity index (χ3n) is 3.35. The molecule has 0 radical (unpaired) electrons. The Morgan fingerprint density at radius 1 is 1.32 bits per heavy atom. The van der Waals surface area contributed by atoms with Gasteiger partial charge in [0.15, 0.2) is 0 Å². The molecule has 0 aliphatic heterocycles. The molecule has 2 aromatic rings. The molecule has 4 nitrogen and oxygen atoms in total. The van der Waals surface area contributed by atoms with Crippen LogP contribution in [0.15, 0.2) is 33.3 Å². The largest absolute Gasteiger partial charge is 0.339 e. The summed E-state index contributed by atoms with van der Waals surface area (Å²) in [5, 5.41) is 7.33. The fourth-order valence-corrected chi connectivity index (χ4v) is 2.38. The highest BCUT2D eigenvalue weighted by atomic mass is 79.9. The van der Waals surface area contributed by atoms with Crippen LogP contribution in [0.25, 0.3) is 11.4 Å². The molecule has 0 bridgehead atoms. The summed E-state index contributed by atoms with van der Waals surface area (Å²) in [5.74, 6) is 1.52. The van der Waals surface area contributed by atoms with Crippen LogP contribution in [0.4, 0.5) is 0 Å². The Kier molecular flexibility index (Phi) is 4.71. The lowest BCUT2D eigenvalue weighted by Gasteiger charge is -2.18. The Bertz CT molecular complexity index is 520. The monoisotopic (exact) mass is 323 g/mol. The number of likely N-dealkylation sites (N-methyl/N-ethyl adjacent to an activating group) is 1. The van der Waals surface area contributed by atoms with Gasteiger partial charge in [0.2, 0.25) is 11.7 Å². The molecule has 0 spiro atoms. The van der Waals surface area contributed by atoms with Crippen molar-refractivity contribution in [3.63, 3.8) is 0 Å². The molecule has 1 aromatic carbocycles. The molecule has 5 heteroatoms. The van der Waals surface area contributed by atoms with Crippen LogP contribution in [0.1, 0.15) is 32.1 Å². The maximum absolute atomic E-state index is 5.38. The van der Waals surface area contributed by atoms with Gasteiger partial charge in [0.25, 0.3) is 0 Å².